The van der Waals surface area contributed by atoms with Crippen LogP contribution in [0.3, 0.4) is 0 Å². The average molecular weight is 317 g/mol. The van der Waals surface area contributed by atoms with Gasteiger partial charge in [0.25, 0.3) is 0 Å². The maximum Gasteiger partial charge on any atom is 0.117 e. The van der Waals surface area contributed by atoms with Crippen molar-refractivity contribution >= 4 is 0 Å². The number of nitrogens with zero attached hydrogens (tertiary/aromatic N) is 1. The highest BCUT2D eigenvalue weighted by Crippen LogP contribution is 2.10. The minimum atomic E-state index is -0.726. The molecule has 0 aromatic heterocycles. The predicted octanol–water partition coefficient (Wildman–Crippen LogP) is 3.80. The molecule has 0 heterocycles. The van der Waals surface area contributed by atoms with Crippen LogP contribution in [-0.4, -0.2) is 42.2 Å². The fourth-order valence-electron chi connectivity index (χ4n) is 2.44. The molecule has 0 aliphatic carbocycles. The van der Waals surface area contributed by atoms with E-state index in [9.17, 15) is 10.0 Å². The van der Waals surface area contributed by atoms with E-state index < -0.39 is 12.1 Å². The molecule has 0 amide bonds. The number of rotatable bonds is 17. The lowest BCUT2D eigenvalue weighted by Crippen LogP contribution is -2.23. The second kappa shape index (κ2) is 16.8. The lowest BCUT2D eigenvalue weighted by atomic mass is 10.1. The molecule has 0 spiro atoms. The van der Waals surface area contributed by atoms with Gasteiger partial charge < -0.3 is 14.9 Å². The quantitative estimate of drug-likeness (QED) is 0.316. The average Bonchev–Trinajstić information content (AvgIpc) is 2.53. The first-order valence-electron chi connectivity index (χ1n) is 8.93. The summed E-state index contributed by atoms with van der Waals surface area (Å²) in [6, 6.07) is -0.726. The van der Waals surface area contributed by atoms with Crippen molar-refractivity contribution in [2.75, 3.05) is 19.8 Å². The Bertz CT molecular complexity index is 239. The van der Waals surface area contributed by atoms with E-state index in [0.29, 0.717) is 6.61 Å². The van der Waals surface area contributed by atoms with E-state index in [0.717, 1.165) is 6.42 Å². The first kappa shape index (κ1) is 21.5. The molecule has 0 bridgehead atoms. The number of aliphatic hydroxyl groups is 2. The molecule has 2 N–H and O–H groups in total. The number of ether oxygens (including phenoxy) is 1. The molecule has 5 nitrogen and oxygen atoms in total. The highest BCUT2D eigenvalue weighted by molar-refractivity contribution is 4.69. The summed E-state index contributed by atoms with van der Waals surface area (Å²) in [5.74, 6) is 0. The SMILES string of the molecule is CCCCCCCCCCCCOCC(O)CC(CO)N=O. The normalized spacial score (nSPS) is 14.0. The second-order valence-corrected chi connectivity index (χ2v) is 6.09. The van der Waals surface area contributed by atoms with Gasteiger partial charge in [-0.25, -0.2) is 0 Å². The molecule has 0 saturated carbocycles. The van der Waals surface area contributed by atoms with Crippen LogP contribution in [0.1, 0.15) is 77.6 Å². The van der Waals surface area contributed by atoms with Crippen LogP contribution in [0, 0.1) is 4.91 Å². The molecule has 0 aliphatic rings. The number of aliphatic hydroxyl groups excluding tert-OH is 2. The summed E-state index contributed by atoms with van der Waals surface area (Å²) in [6.45, 7) is 2.78. The maximum atomic E-state index is 10.3. The Morgan fingerprint density at radius 1 is 0.955 bits per heavy atom. The van der Waals surface area contributed by atoms with Crippen molar-refractivity contribution < 1.29 is 14.9 Å². The second-order valence-electron chi connectivity index (χ2n) is 6.09. The van der Waals surface area contributed by atoms with Crippen molar-refractivity contribution in [3.05, 3.63) is 4.91 Å². The first-order chi connectivity index (χ1) is 10.7. The van der Waals surface area contributed by atoms with Crippen LogP contribution in [0.5, 0.6) is 0 Å². The van der Waals surface area contributed by atoms with E-state index in [1.54, 1.807) is 0 Å². The van der Waals surface area contributed by atoms with E-state index in [1.807, 2.05) is 0 Å². The van der Waals surface area contributed by atoms with E-state index in [2.05, 4.69) is 12.1 Å². The summed E-state index contributed by atoms with van der Waals surface area (Å²) in [4.78, 5) is 10.3. The molecule has 0 fully saturated rings. The van der Waals surface area contributed by atoms with Crippen LogP contribution in [0.2, 0.25) is 0 Å². The van der Waals surface area contributed by atoms with Crippen LogP contribution in [0.15, 0.2) is 5.18 Å². The fourth-order valence-corrected chi connectivity index (χ4v) is 2.44. The molecule has 0 radical (unpaired) electrons. The van der Waals surface area contributed by atoms with Gasteiger partial charge >= 0.3 is 0 Å². The highest BCUT2D eigenvalue weighted by atomic mass is 16.5. The van der Waals surface area contributed by atoms with Gasteiger partial charge in [-0.15, -0.1) is 0 Å². The van der Waals surface area contributed by atoms with Gasteiger partial charge in [0.2, 0.25) is 0 Å². The molecule has 0 aliphatic heterocycles. The Labute approximate surface area is 135 Å². The molecular weight excluding hydrogens is 282 g/mol. The summed E-state index contributed by atoms with van der Waals surface area (Å²) < 4.78 is 5.38. The minimum absolute atomic E-state index is 0.165. The third-order valence-corrected chi connectivity index (χ3v) is 3.86. The summed E-state index contributed by atoms with van der Waals surface area (Å²) in [6.07, 6.45) is 12.3. The molecule has 132 valence electrons. The Balaban J connectivity index is 3.21. The molecular formula is C17H35NO4. The van der Waals surface area contributed by atoms with E-state index in [-0.39, 0.29) is 19.6 Å². The van der Waals surface area contributed by atoms with Crippen molar-refractivity contribution in [2.45, 2.75) is 89.7 Å². The van der Waals surface area contributed by atoms with Gasteiger partial charge in [-0.2, -0.15) is 4.91 Å². The van der Waals surface area contributed by atoms with Crippen molar-refractivity contribution in [3.8, 4) is 0 Å². The molecule has 0 rings (SSSR count). The molecule has 22 heavy (non-hydrogen) atoms. The first-order valence-corrected chi connectivity index (χ1v) is 8.93. The van der Waals surface area contributed by atoms with Gasteiger partial charge in [0.05, 0.1) is 19.3 Å². The van der Waals surface area contributed by atoms with Crippen molar-refractivity contribution in [2.24, 2.45) is 5.18 Å². The van der Waals surface area contributed by atoms with Crippen molar-refractivity contribution in [3.63, 3.8) is 0 Å². The number of hydrogen-bond acceptors (Lipinski definition) is 5. The lowest BCUT2D eigenvalue weighted by Gasteiger charge is -2.13. The number of hydrogen-bond donors (Lipinski definition) is 2. The van der Waals surface area contributed by atoms with Crippen molar-refractivity contribution in [1.82, 2.24) is 0 Å². The smallest absolute Gasteiger partial charge is 0.117 e. The Kier molecular flexibility index (Phi) is 16.4. The fraction of sp³-hybridized carbons (Fsp3) is 1.00. The Morgan fingerprint density at radius 3 is 2.00 bits per heavy atom. The van der Waals surface area contributed by atoms with Crippen molar-refractivity contribution in [1.29, 1.82) is 0 Å². The topological polar surface area (TPSA) is 79.1 Å². The Hall–Kier alpha value is -0.520. The highest BCUT2D eigenvalue weighted by Gasteiger charge is 2.14. The minimum Gasteiger partial charge on any atom is -0.394 e. The molecule has 0 aromatic rings. The van der Waals surface area contributed by atoms with Crippen LogP contribution in [0.4, 0.5) is 0 Å². The van der Waals surface area contributed by atoms with Crippen LogP contribution >= 0.6 is 0 Å². The third kappa shape index (κ3) is 14.4. The standard InChI is InChI=1S/C17H35NO4/c1-2-3-4-5-6-7-8-9-10-11-12-22-15-17(20)13-16(14-19)18-21/h16-17,19-20H,2-15H2,1H3. The number of unbranched alkanes of at least 4 members (excludes halogenated alkanes) is 9. The third-order valence-electron chi connectivity index (χ3n) is 3.86. The summed E-state index contributed by atoms with van der Waals surface area (Å²) in [5.41, 5.74) is 0. The molecule has 2 atom stereocenters. The van der Waals surface area contributed by atoms with Gasteiger partial charge in [-0.1, -0.05) is 69.9 Å². The summed E-state index contributed by atoms with van der Waals surface area (Å²) in [7, 11) is 0. The number of nitroso groups, excluding NO2 is 1. The van der Waals surface area contributed by atoms with E-state index >= 15 is 0 Å². The van der Waals surface area contributed by atoms with Gasteiger partial charge in [-0.05, 0) is 6.42 Å². The van der Waals surface area contributed by atoms with Gasteiger partial charge in [0.1, 0.15) is 6.04 Å². The lowest BCUT2D eigenvalue weighted by molar-refractivity contribution is 0.0247. The van der Waals surface area contributed by atoms with Crippen LogP contribution in [0.25, 0.3) is 0 Å². The largest absolute Gasteiger partial charge is 0.394 e. The molecule has 2 unspecified atom stereocenters. The molecule has 5 heteroatoms. The zero-order valence-corrected chi connectivity index (χ0v) is 14.2. The Morgan fingerprint density at radius 2 is 1.50 bits per heavy atom. The van der Waals surface area contributed by atoms with Gasteiger partial charge in [-0.3, -0.25) is 0 Å². The van der Waals surface area contributed by atoms with Crippen LogP contribution < -0.4 is 0 Å². The zero-order valence-electron chi connectivity index (χ0n) is 14.2. The maximum absolute atomic E-state index is 10.3. The zero-order chi connectivity index (χ0) is 16.5. The molecule has 0 saturated heterocycles. The molecule has 0 aromatic carbocycles. The summed E-state index contributed by atoms with van der Waals surface area (Å²) >= 11 is 0. The summed E-state index contributed by atoms with van der Waals surface area (Å²) in [5, 5.41) is 21.2. The monoisotopic (exact) mass is 317 g/mol. The van der Waals surface area contributed by atoms with E-state index in [1.165, 1.54) is 57.8 Å². The van der Waals surface area contributed by atoms with Gasteiger partial charge in [0.15, 0.2) is 0 Å². The van der Waals surface area contributed by atoms with E-state index in [4.69, 9.17) is 9.84 Å². The van der Waals surface area contributed by atoms with Crippen LogP contribution in [-0.2, 0) is 4.74 Å². The predicted molar refractivity (Wildman–Crippen MR) is 90.0 cm³/mol. The van der Waals surface area contributed by atoms with Gasteiger partial charge in [0, 0.05) is 13.0 Å².